The number of amides is 1. The van der Waals surface area contributed by atoms with Crippen molar-refractivity contribution >= 4 is 11.6 Å². The number of ether oxygens (including phenoxy) is 1. The molecule has 1 aromatic heterocycles. The first-order valence-electron chi connectivity index (χ1n) is 8.74. The smallest absolute Gasteiger partial charge is 0.226 e. The molecule has 2 heterocycles. The van der Waals surface area contributed by atoms with Gasteiger partial charge in [0.2, 0.25) is 5.91 Å². The fraction of sp³-hybridized carbons (Fsp3) is 0.500. The first kappa shape index (κ1) is 17.4. The highest BCUT2D eigenvalue weighted by atomic mass is 16.5. The van der Waals surface area contributed by atoms with Crippen molar-refractivity contribution in [1.82, 2.24) is 20.1 Å². The number of benzene rings is 1. The largest absolute Gasteiger partial charge is 0.495 e. The minimum Gasteiger partial charge on any atom is -0.495 e. The molecule has 2 aromatic rings. The van der Waals surface area contributed by atoms with E-state index in [-0.39, 0.29) is 11.9 Å². The van der Waals surface area contributed by atoms with E-state index in [0.29, 0.717) is 17.9 Å². The molecule has 25 heavy (non-hydrogen) atoms. The van der Waals surface area contributed by atoms with Crippen LogP contribution in [0.2, 0.25) is 0 Å². The summed E-state index contributed by atoms with van der Waals surface area (Å²) in [7, 11) is 1.59. The second-order valence-electron chi connectivity index (χ2n) is 6.35. The summed E-state index contributed by atoms with van der Waals surface area (Å²) in [5.74, 6) is 2.76. The summed E-state index contributed by atoms with van der Waals surface area (Å²) in [6, 6.07) is 7.49. The lowest BCUT2D eigenvalue weighted by Crippen LogP contribution is -2.32. The minimum atomic E-state index is -0.0344. The molecule has 7 heteroatoms. The molecule has 1 atom stereocenters. The molecule has 0 radical (unpaired) electrons. The van der Waals surface area contributed by atoms with Crippen LogP contribution < -0.4 is 15.4 Å². The highest BCUT2D eigenvalue weighted by Gasteiger charge is 2.17. The Kier molecular flexibility index (Phi) is 5.65. The Morgan fingerprint density at radius 2 is 2.20 bits per heavy atom. The van der Waals surface area contributed by atoms with Gasteiger partial charge in [-0.2, -0.15) is 0 Å². The maximum atomic E-state index is 12.2. The Labute approximate surface area is 147 Å². The van der Waals surface area contributed by atoms with Crippen LogP contribution in [0.25, 0.3) is 0 Å². The molecular formula is C18H25N5O2. The van der Waals surface area contributed by atoms with Crippen LogP contribution in [0.4, 0.5) is 5.69 Å². The topological polar surface area (TPSA) is 81.1 Å². The number of nitrogens with zero attached hydrogens (tertiary/aromatic N) is 3. The standard InChI is InChI=1S/C18H25N5O2/c1-13(12-18(24)20-14-6-3-4-7-15(14)25-2)19-10-9-17-22-21-16-8-5-11-23(16)17/h3-4,6-7,13,19H,5,8-12H2,1-2H3,(H,20,24)/t13-/m0/s1. The predicted octanol–water partition coefficient (Wildman–Crippen LogP) is 1.78. The summed E-state index contributed by atoms with van der Waals surface area (Å²) in [6.07, 6.45) is 3.41. The van der Waals surface area contributed by atoms with E-state index in [1.165, 1.54) is 0 Å². The fourth-order valence-electron chi connectivity index (χ4n) is 3.13. The number of carbonyl (C=O) groups is 1. The van der Waals surface area contributed by atoms with E-state index in [0.717, 1.165) is 44.0 Å². The Morgan fingerprint density at radius 1 is 1.36 bits per heavy atom. The average molecular weight is 343 g/mol. The molecule has 0 aliphatic carbocycles. The van der Waals surface area contributed by atoms with E-state index in [9.17, 15) is 4.79 Å². The van der Waals surface area contributed by atoms with Gasteiger partial charge in [0.05, 0.1) is 12.8 Å². The first-order chi connectivity index (χ1) is 12.2. The number of hydrogen-bond donors (Lipinski definition) is 2. The number of para-hydroxylation sites is 2. The highest BCUT2D eigenvalue weighted by Crippen LogP contribution is 2.23. The van der Waals surface area contributed by atoms with Gasteiger partial charge >= 0.3 is 0 Å². The zero-order valence-electron chi connectivity index (χ0n) is 14.8. The van der Waals surface area contributed by atoms with Gasteiger partial charge < -0.3 is 19.9 Å². The summed E-state index contributed by atoms with van der Waals surface area (Å²) in [6.45, 7) is 3.81. The molecule has 1 amide bonds. The van der Waals surface area contributed by atoms with Crippen LogP contribution >= 0.6 is 0 Å². The molecule has 2 N–H and O–H groups in total. The van der Waals surface area contributed by atoms with Crippen LogP contribution in [0.5, 0.6) is 5.75 Å². The first-order valence-corrected chi connectivity index (χ1v) is 8.74. The van der Waals surface area contributed by atoms with Crippen molar-refractivity contribution in [1.29, 1.82) is 0 Å². The van der Waals surface area contributed by atoms with Gasteiger partial charge in [-0.25, -0.2) is 0 Å². The van der Waals surface area contributed by atoms with Gasteiger partial charge in [-0.15, -0.1) is 10.2 Å². The third kappa shape index (κ3) is 4.36. The zero-order valence-corrected chi connectivity index (χ0v) is 14.8. The number of carbonyl (C=O) groups excluding carboxylic acids is 1. The molecule has 0 saturated heterocycles. The van der Waals surface area contributed by atoms with Gasteiger partial charge in [0.15, 0.2) is 0 Å². The SMILES string of the molecule is COc1ccccc1NC(=O)C[C@H](C)NCCc1nnc2n1CCC2. The molecule has 134 valence electrons. The van der Waals surface area contributed by atoms with Gasteiger partial charge in [0, 0.05) is 38.4 Å². The number of fused-ring (bicyclic) bond motifs is 1. The molecule has 1 aromatic carbocycles. The number of rotatable bonds is 8. The van der Waals surface area contributed by atoms with Crippen molar-refractivity contribution < 1.29 is 9.53 Å². The van der Waals surface area contributed by atoms with Gasteiger partial charge in [0.25, 0.3) is 0 Å². The van der Waals surface area contributed by atoms with Crippen LogP contribution in [-0.4, -0.2) is 40.4 Å². The Hall–Kier alpha value is -2.41. The number of nitrogens with one attached hydrogen (secondary N) is 2. The van der Waals surface area contributed by atoms with Crippen molar-refractivity contribution in [2.75, 3.05) is 19.0 Å². The lowest BCUT2D eigenvalue weighted by atomic mass is 10.2. The van der Waals surface area contributed by atoms with Crippen molar-refractivity contribution in [2.24, 2.45) is 0 Å². The highest BCUT2D eigenvalue weighted by molar-refractivity contribution is 5.92. The van der Waals surface area contributed by atoms with Crippen molar-refractivity contribution in [2.45, 2.75) is 45.2 Å². The number of hydrogen-bond acceptors (Lipinski definition) is 5. The van der Waals surface area contributed by atoms with Crippen LogP contribution in [0.15, 0.2) is 24.3 Å². The molecule has 0 spiro atoms. The Balaban J connectivity index is 1.42. The molecule has 1 aliphatic heterocycles. The Bertz CT molecular complexity index is 728. The molecular weight excluding hydrogens is 318 g/mol. The quantitative estimate of drug-likeness (QED) is 0.764. The third-order valence-corrected chi connectivity index (χ3v) is 4.40. The van der Waals surface area contributed by atoms with E-state index in [4.69, 9.17) is 4.74 Å². The second kappa shape index (κ2) is 8.11. The number of anilines is 1. The van der Waals surface area contributed by atoms with Crippen LogP contribution in [0, 0.1) is 0 Å². The van der Waals surface area contributed by atoms with Gasteiger partial charge in [-0.05, 0) is 25.5 Å². The maximum Gasteiger partial charge on any atom is 0.226 e. The zero-order chi connectivity index (χ0) is 17.6. The molecule has 7 nitrogen and oxygen atoms in total. The summed E-state index contributed by atoms with van der Waals surface area (Å²) in [5.41, 5.74) is 0.696. The lowest BCUT2D eigenvalue weighted by Gasteiger charge is -2.15. The van der Waals surface area contributed by atoms with Crippen molar-refractivity contribution in [3.63, 3.8) is 0 Å². The van der Waals surface area contributed by atoms with Crippen molar-refractivity contribution in [3.05, 3.63) is 35.9 Å². The number of aryl methyl sites for hydroxylation is 1. The summed E-state index contributed by atoms with van der Waals surface area (Å²) in [4.78, 5) is 12.2. The third-order valence-electron chi connectivity index (χ3n) is 4.40. The van der Waals surface area contributed by atoms with Gasteiger partial charge in [-0.1, -0.05) is 12.1 Å². The molecule has 0 bridgehead atoms. The van der Waals surface area contributed by atoms with Crippen LogP contribution in [-0.2, 0) is 24.2 Å². The van der Waals surface area contributed by atoms with Crippen LogP contribution in [0.3, 0.4) is 0 Å². The van der Waals surface area contributed by atoms with E-state index in [1.807, 2.05) is 31.2 Å². The summed E-state index contributed by atoms with van der Waals surface area (Å²) in [5, 5.41) is 14.7. The van der Waals surface area contributed by atoms with Gasteiger partial charge in [0.1, 0.15) is 17.4 Å². The molecule has 0 saturated carbocycles. The van der Waals surface area contributed by atoms with E-state index < -0.39 is 0 Å². The van der Waals surface area contributed by atoms with E-state index in [1.54, 1.807) is 7.11 Å². The van der Waals surface area contributed by atoms with E-state index >= 15 is 0 Å². The number of methoxy groups -OCH3 is 1. The van der Waals surface area contributed by atoms with Gasteiger partial charge in [-0.3, -0.25) is 4.79 Å². The minimum absolute atomic E-state index is 0.0344. The van der Waals surface area contributed by atoms with Crippen LogP contribution in [0.1, 0.15) is 31.4 Å². The summed E-state index contributed by atoms with van der Waals surface area (Å²) >= 11 is 0. The fourth-order valence-corrected chi connectivity index (χ4v) is 3.13. The summed E-state index contributed by atoms with van der Waals surface area (Å²) < 4.78 is 7.46. The average Bonchev–Trinajstić information content (AvgIpc) is 3.20. The Morgan fingerprint density at radius 3 is 3.04 bits per heavy atom. The molecule has 0 unspecified atom stereocenters. The molecule has 1 aliphatic rings. The molecule has 3 rings (SSSR count). The van der Waals surface area contributed by atoms with E-state index in [2.05, 4.69) is 25.4 Å². The predicted molar refractivity (Wildman–Crippen MR) is 95.8 cm³/mol. The molecule has 0 fully saturated rings. The lowest BCUT2D eigenvalue weighted by molar-refractivity contribution is -0.116. The van der Waals surface area contributed by atoms with Crippen molar-refractivity contribution in [3.8, 4) is 5.75 Å². The normalized spacial score (nSPS) is 14.2. The monoisotopic (exact) mass is 343 g/mol. The second-order valence-corrected chi connectivity index (χ2v) is 6.35. The maximum absolute atomic E-state index is 12.2. The number of aromatic nitrogens is 3.